The summed E-state index contributed by atoms with van der Waals surface area (Å²) in [6, 6.07) is 4.75. The van der Waals surface area contributed by atoms with Gasteiger partial charge in [0.25, 0.3) is 5.91 Å². The van der Waals surface area contributed by atoms with Gasteiger partial charge in [-0.2, -0.15) is 0 Å². The molecular formula is C16H24N2O5S. The second kappa shape index (κ2) is 8.14. The molecule has 1 aromatic rings. The Balaban J connectivity index is 2.94. The van der Waals surface area contributed by atoms with Crippen LogP contribution in [0.4, 0.5) is 5.69 Å². The number of nitrogens with one attached hydrogen (secondary N) is 2. The minimum atomic E-state index is -3.53. The fraction of sp³-hybridized carbons (Fsp3) is 0.500. The van der Waals surface area contributed by atoms with Crippen molar-refractivity contribution in [2.24, 2.45) is 11.8 Å². The van der Waals surface area contributed by atoms with Crippen LogP contribution in [0.15, 0.2) is 18.2 Å². The predicted molar refractivity (Wildman–Crippen MR) is 92.6 cm³/mol. The molecule has 1 rings (SSSR count). The molecule has 1 amide bonds. The Labute approximate surface area is 142 Å². The summed E-state index contributed by atoms with van der Waals surface area (Å²) in [4.78, 5) is 23.6. The number of carbonyl (C=O) groups excluding carboxylic acids is 1. The Morgan fingerprint density at radius 3 is 2.38 bits per heavy atom. The van der Waals surface area contributed by atoms with Crippen LogP contribution in [0.3, 0.4) is 0 Å². The van der Waals surface area contributed by atoms with E-state index in [1.54, 1.807) is 19.1 Å². The molecule has 1 atom stereocenters. The molecular weight excluding hydrogens is 332 g/mol. The molecule has 0 aliphatic heterocycles. The molecule has 7 nitrogen and oxygen atoms in total. The van der Waals surface area contributed by atoms with Crippen molar-refractivity contribution in [2.75, 3.05) is 17.5 Å². The number of rotatable bonds is 8. The number of aliphatic carboxylic acids is 1. The molecule has 1 aromatic carbocycles. The highest BCUT2D eigenvalue weighted by molar-refractivity contribution is 7.92. The fourth-order valence-electron chi connectivity index (χ4n) is 2.29. The van der Waals surface area contributed by atoms with Crippen LogP contribution in [0.25, 0.3) is 0 Å². The van der Waals surface area contributed by atoms with Gasteiger partial charge in [0.15, 0.2) is 0 Å². The van der Waals surface area contributed by atoms with Crippen LogP contribution >= 0.6 is 0 Å². The second-order valence-electron chi connectivity index (χ2n) is 6.30. The van der Waals surface area contributed by atoms with Crippen LogP contribution in [0.5, 0.6) is 0 Å². The first-order chi connectivity index (χ1) is 11.0. The molecule has 0 aromatic heterocycles. The quantitative estimate of drug-likeness (QED) is 0.658. The van der Waals surface area contributed by atoms with Crippen LogP contribution in [0, 0.1) is 18.8 Å². The first kappa shape index (κ1) is 20.0. The molecule has 3 N–H and O–H groups in total. The molecule has 0 heterocycles. The number of carbonyl (C=O) groups is 2. The number of anilines is 1. The number of sulfonamides is 1. The normalized spacial score (nSPS) is 12.7. The van der Waals surface area contributed by atoms with Crippen LogP contribution in [-0.2, 0) is 14.8 Å². The van der Waals surface area contributed by atoms with Gasteiger partial charge in [0.2, 0.25) is 10.0 Å². The van der Waals surface area contributed by atoms with Gasteiger partial charge in [-0.15, -0.1) is 0 Å². The largest absolute Gasteiger partial charge is 0.481 e. The highest BCUT2D eigenvalue weighted by Crippen LogP contribution is 2.19. The number of aryl methyl sites for hydroxylation is 1. The molecule has 24 heavy (non-hydrogen) atoms. The molecule has 0 spiro atoms. The summed E-state index contributed by atoms with van der Waals surface area (Å²) < 4.78 is 25.1. The fourth-order valence-corrected chi connectivity index (χ4v) is 2.86. The lowest BCUT2D eigenvalue weighted by Crippen LogP contribution is -2.34. The van der Waals surface area contributed by atoms with Gasteiger partial charge in [0, 0.05) is 6.54 Å². The lowest BCUT2D eigenvalue weighted by Gasteiger charge is -2.17. The molecule has 0 saturated carbocycles. The molecule has 0 saturated heterocycles. The van der Waals surface area contributed by atoms with Crippen LogP contribution in [0.1, 0.15) is 36.2 Å². The Morgan fingerprint density at radius 2 is 1.88 bits per heavy atom. The van der Waals surface area contributed by atoms with Gasteiger partial charge in [0.1, 0.15) is 0 Å². The average molecular weight is 356 g/mol. The summed E-state index contributed by atoms with van der Waals surface area (Å²) >= 11 is 0. The Hall–Kier alpha value is -2.09. The number of carboxylic acids is 1. The predicted octanol–water partition coefficient (Wildman–Crippen LogP) is 1.84. The van der Waals surface area contributed by atoms with Crippen molar-refractivity contribution >= 4 is 27.6 Å². The van der Waals surface area contributed by atoms with Crippen molar-refractivity contribution in [3.63, 3.8) is 0 Å². The van der Waals surface area contributed by atoms with E-state index >= 15 is 0 Å². The van der Waals surface area contributed by atoms with E-state index in [2.05, 4.69) is 10.0 Å². The highest BCUT2D eigenvalue weighted by atomic mass is 32.2. The van der Waals surface area contributed by atoms with Crippen molar-refractivity contribution in [3.8, 4) is 0 Å². The zero-order chi connectivity index (χ0) is 18.5. The minimum Gasteiger partial charge on any atom is -0.481 e. The van der Waals surface area contributed by atoms with E-state index in [1.807, 2.05) is 13.8 Å². The Bertz CT molecular complexity index is 713. The van der Waals surface area contributed by atoms with Gasteiger partial charge in [-0.3, -0.25) is 14.3 Å². The van der Waals surface area contributed by atoms with E-state index < -0.39 is 27.8 Å². The molecule has 8 heteroatoms. The van der Waals surface area contributed by atoms with Gasteiger partial charge in [0.05, 0.1) is 23.4 Å². The van der Waals surface area contributed by atoms with E-state index in [1.165, 1.54) is 6.07 Å². The van der Waals surface area contributed by atoms with E-state index in [0.717, 1.165) is 11.8 Å². The number of benzene rings is 1. The van der Waals surface area contributed by atoms with E-state index in [9.17, 15) is 23.1 Å². The zero-order valence-corrected chi connectivity index (χ0v) is 15.1. The van der Waals surface area contributed by atoms with Gasteiger partial charge in [-0.25, -0.2) is 8.42 Å². The Morgan fingerprint density at radius 1 is 1.25 bits per heavy atom. The standard InChI is InChI=1S/C16H24N2O5S/c1-10(2)7-12(16(20)21)9-17-15(19)13-8-11(3)5-6-14(13)18-24(4,22)23/h5-6,8,10,12,18H,7,9H2,1-4H3,(H,17,19)(H,20,21). The summed E-state index contributed by atoms with van der Waals surface area (Å²) in [5, 5.41) is 11.8. The molecule has 134 valence electrons. The number of amides is 1. The molecule has 0 aliphatic carbocycles. The summed E-state index contributed by atoms with van der Waals surface area (Å²) in [7, 11) is -3.53. The van der Waals surface area contributed by atoms with Gasteiger partial charge < -0.3 is 10.4 Å². The van der Waals surface area contributed by atoms with Gasteiger partial charge >= 0.3 is 5.97 Å². The lowest BCUT2D eigenvalue weighted by molar-refractivity contribution is -0.142. The number of hydrogen-bond donors (Lipinski definition) is 3. The maximum Gasteiger partial charge on any atom is 0.308 e. The molecule has 0 fully saturated rings. The van der Waals surface area contributed by atoms with E-state index in [0.29, 0.717) is 6.42 Å². The SMILES string of the molecule is Cc1ccc(NS(C)(=O)=O)c(C(=O)NCC(CC(C)C)C(=O)O)c1. The first-order valence-corrected chi connectivity index (χ1v) is 9.48. The maximum absolute atomic E-state index is 12.4. The monoisotopic (exact) mass is 356 g/mol. The third kappa shape index (κ3) is 6.57. The smallest absolute Gasteiger partial charge is 0.308 e. The molecule has 1 unspecified atom stereocenters. The third-order valence-corrected chi connectivity index (χ3v) is 3.92. The average Bonchev–Trinajstić information content (AvgIpc) is 2.43. The highest BCUT2D eigenvalue weighted by Gasteiger charge is 2.21. The minimum absolute atomic E-state index is 0.0153. The summed E-state index contributed by atoms with van der Waals surface area (Å²) in [5.41, 5.74) is 1.11. The number of hydrogen-bond acceptors (Lipinski definition) is 4. The molecule has 0 radical (unpaired) electrons. The lowest BCUT2D eigenvalue weighted by atomic mass is 9.97. The Kier molecular flexibility index (Phi) is 6.77. The van der Waals surface area contributed by atoms with Crippen molar-refractivity contribution < 1.29 is 23.1 Å². The van der Waals surface area contributed by atoms with Gasteiger partial charge in [-0.05, 0) is 31.4 Å². The van der Waals surface area contributed by atoms with Crippen LogP contribution in [0.2, 0.25) is 0 Å². The van der Waals surface area contributed by atoms with Crippen LogP contribution < -0.4 is 10.0 Å². The second-order valence-corrected chi connectivity index (χ2v) is 8.05. The van der Waals surface area contributed by atoms with E-state index in [4.69, 9.17) is 0 Å². The summed E-state index contributed by atoms with van der Waals surface area (Å²) in [5.74, 6) is -1.99. The number of carboxylic acid groups (broad SMARTS) is 1. The molecule has 0 aliphatic rings. The summed E-state index contributed by atoms with van der Waals surface area (Å²) in [6.45, 7) is 5.58. The summed E-state index contributed by atoms with van der Waals surface area (Å²) in [6.07, 6.45) is 1.44. The topological polar surface area (TPSA) is 113 Å². The van der Waals surface area contributed by atoms with Gasteiger partial charge in [-0.1, -0.05) is 25.5 Å². The van der Waals surface area contributed by atoms with Crippen LogP contribution in [-0.4, -0.2) is 38.2 Å². The van der Waals surface area contributed by atoms with E-state index in [-0.39, 0.29) is 23.7 Å². The van der Waals surface area contributed by atoms with Crippen molar-refractivity contribution in [3.05, 3.63) is 29.3 Å². The maximum atomic E-state index is 12.4. The first-order valence-electron chi connectivity index (χ1n) is 7.59. The molecule has 0 bridgehead atoms. The third-order valence-electron chi connectivity index (χ3n) is 3.33. The van der Waals surface area contributed by atoms with Crippen molar-refractivity contribution in [1.29, 1.82) is 0 Å². The van der Waals surface area contributed by atoms with Crippen molar-refractivity contribution in [1.82, 2.24) is 5.32 Å². The van der Waals surface area contributed by atoms with Crippen molar-refractivity contribution in [2.45, 2.75) is 27.2 Å². The zero-order valence-electron chi connectivity index (χ0n) is 14.3.